The molecule has 11 heavy (non-hydrogen) atoms. The van der Waals surface area contributed by atoms with Crippen molar-refractivity contribution in [2.45, 2.75) is 6.48 Å². The van der Waals surface area contributed by atoms with Crippen molar-refractivity contribution in [1.29, 1.82) is 0 Å². The van der Waals surface area contributed by atoms with Crippen LogP contribution in [0.25, 0.3) is 0 Å². The van der Waals surface area contributed by atoms with Gasteiger partial charge >= 0.3 is 20.6 Å². The third kappa shape index (κ3) is 0.918. The predicted octanol–water partition coefficient (Wildman–Crippen LogP) is 0.639. The molecule has 0 saturated carbocycles. The zero-order valence-electron chi connectivity index (χ0n) is 5.22. The molecule has 3 heterocycles. The van der Waals surface area contributed by atoms with Crippen LogP contribution in [-0.4, -0.2) is 17.6 Å². The number of aliphatic carboxylic acids is 1. The molecule has 6 nitrogen and oxygen atoms in total. The lowest BCUT2D eigenvalue weighted by molar-refractivity contribution is -0.354. The van der Waals surface area contributed by atoms with E-state index in [-0.39, 0.29) is 0 Å². The summed E-state index contributed by atoms with van der Waals surface area (Å²) in [5.74, 6) is -1.69. The number of carboxylic acid groups (broad SMARTS) is 1. The minimum absolute atomic E-state index is 0.434. The summed E-state index contributed by atoms with van der Waals surface area (Å²) in [6.45, 7) is 2.46. The first-order chi connectivity index (χ1) is 5.11. The van der Waals surface area contributed by atoms with Crippen molar-refractivity contribution >= 4 is 14.1 Å². The number of hydrogen-bond acceptors (Lipinski definition) is 5. The maximum Gasteiger partial charge on any atom is 0.638 e. The molecule has 1 N–H and O–H groups in total. The van der Waals surface area contributed by atoms with Crippen LogP contribution in [0, 0.1) is 0 Å². The molecule has 0 aliphatic carbocycles. The van der Waals surface area contributed by atoms with E-state index in [4.69, 9.17) is 18.7 Å². The number of carbonyl (C=O) groups is 1. The van der Waals surface area contributed by atoms with E-state index in [0.29, 0.717) is 0 Å². The molecule has 0 radical (unpaired) electrons. The lowest BCUT2D eigenvalue weighted by Gasteiger charge is -2.39. The first-order valence-electron chi connectivity index (χ1n) is 2.67. The Labute approximate surface area is 62.0 Å². The second-order valence-corrected chi connectivity index (χ2v) is 3.58. The molecule has 7 heteroatoms. The molecular formula is C4H4O6P+. The minimum atomic E-state index is -2.69. The molecular weight excluding hydrogens is 175 g/mol. The first kappa shape index (κ1) is 7.00. The minimum Gasteiger partial charge on any atom is -0.475 e. The van der Waals surface area contributed by atoms with Crippen molar-refractivity contribution in [3.63, 3.8) is 0 Å². The Morgan fingerprint density at radius 2 is 2.09 bits per heavy atom. The molecule has 3 aliphatic heterocycles. The van der Waals surface area contributed by atoms with Gasteiger partial charge in [-0.05, 0) is 6.58 Å². The summed E-state index contributed by atoms with van der Waals surface area (Å²) in [7, 11) is -2.69. The molecule has 0 atom stereocenters. The van der Waals surface area contributed by atoms with Crippen molar-refractivity contribution in [2.24, 2.45) is 0 Å². The zero-order valence-corrected chi connectivity index (χ0v) is 6.11. The van der Waals surface area contributed by atoms with Gasteiger partial charge in [0.2, 0.25) is 0 Å². The number of carboxylic acids is 1. The highest BCUT2D eigenvalue weighted by atomic mass is 31.2. The normalized spacial score (nSPS) is 38.4. The maximum atomic E-state index is 10.2. The van der Waals surface area contributed by atoms with Crippen LogP contribution in [0.2, 0.25) is 0 Å². The fourth-order valence-corrected chi connectivity index (χ4v) is 1.74. The Morgan fingerprint density at radius 3 is 2.36 bits per heavy atom. The Balaban J connectivity index is 1.90. The van der Waals surface area contributed by atoms with Crippen LogP contribution in [0.5, 0.6) is 0 Å². The van der Waals surface area contributed by atoms with Crippen molar-refractivity contribution < 1.29 is 28.0 Å². The highest BCUT2D eigenvalue weighted by Gasteiger charge is 2.83. The van der Waals surface area contributed by atoms with Gasteiger partial charge in [0, 0.05) is 0 Å². The summed E-state index contributed by atoms with van der Waals surface area (Å²) in [4.78, 5) is 10.2. The summed E-state index contributed by atoms with van der Waals surface area (Å²) in [6, 6.07) is 0. The van der Waals surface area contributed by atoms with Gasteiger partial charge in [-0.15, -0.1) is 0 Å². The summed E-state index contributed by atoms with van der Waals surface area (Å²) in [5.41, 5.74) is 0. The van der Waals surface area contributed by atoms with Gasteiger partial charge in [-0.1, -0.05) is 13.6 Å². The lowest BCUT2D eigenvalue weighted by Crippen LogP contribution is -2.47. The van der Waals surface area contributed by atoms with Gasteiger partial charge in [-0.25, -0.2) is 4.79 Å². The molecule has 0 spiro atoms. The van der Waals surface area contributed by atoms with E-state index in [1.165, 1.54) is 0 Å². The molecule has 2 bridgehead atoms. The molecule has 3 saturated heterocycles. The third-order valence-electron chi connectivity index (χ3n) is 1.11. The van der Waals surface area contributed by atoms with E-state index >= 15 is 0 Å². The SMILES string of the molecule is C=C(O[P+]12OC(O1)O2)C(=O)O. The second kappa shape index (κ2) is 1.92. The van der Waals surface area contributed by atoms with Crippen LogP contribution in [0.3, 0.4) is 0 Å². The van der Waals surface area contributed by atoms with Gasteiger partial charge in [0.05, 0.1) is 0 Å². The van der Waals surface area contributed by atoms with Crippen LogP contribution >= 0.6 is 8.17 Å². The van der Waals surface area contributed by atoms with Crippen molar-refractivity contribution in [2.75, 3.05) is 0 Å². The Morgan fingerprint density at radius 1 is 1.55 bits per heavy atom. The molecule has 0 aromatic carbocycles. The monoisotopic (exact) mass is 179 g/mol. The van der Waals surface area contributed by atoms with Gasteiger partial charge in [-0.2, -0.15) is 0 Å². The predicted molar refractivity (Wildman–Crippen MR) is 31.8 cm³/mol. The quantitative estimate of drug-likeness (QED) is 0.389. The Hall–Kier alpha value is -0.680. The van der Waals surface area contributed by atoms with Crippen LogP contribution in [0.4, 0.5) is 0 Å². The topological polar surface area (TPSA) is 74.2 Å². The van der Waals surface area contributed by atoms with Gasteiger partial charge in [0.1, 0.15) is 0 Å². The van der Waals surface area contributed by atoms with E-state index in [9.17, 15) is 4.79 Å². The van der Waals surface area contributed by atoms with Crippen LogP contribution in [0.1, 0.15) is 0 Å². The van der Waals surface area contributed by atoms with Crippen molar-refractivity contribution in [1.82, 2.24) is 0 Å². The Kier molecular flexibility index (Phi) is 1.22. The Bertz CT molecular complexity index is 220. The molecule has 60 valence electrons. The van der Waals surface area contributed by atoms with Gasteiger partial charge in [0.15, 0.2) is 0 Å². The fraction of sp³-hybridized carbons (Fsp3) is 0.250. The molecule has 0 aromatic heterocycles. The maximum absolute atomic E-state index is 10.2. The van der Waals surface area contributed by atoms with Crippen LogP contribution in [0.15, 0.2) is 12.3 Å². The average molecular weight is 179 g/mol. The van der Waals surface area contributed by atoms with E-state index in [1.54, 1.807) is 0 Å². The third-order valence-corrected chi connectivity index (χ3v) is 2.84. The van der Waals surface area contributed by atoms with E-state index in [0.717, 1.165) is 0 Å². The van der Waals surface area contributed by atoms with E-state index in [2.05, 4.69) is 11.1 Å². The largest absolute Gasteiger partial charge is 0.638 e. The van der Waals surface area contributed by atoms with Gasteiger partial charge < -0.3 is 5.11 Å². The van der Waals surface area contributed by atoms with Crippen molar-refractivity contribution in [3.05, 3.63) is 12.3 Å². The number of hydrogen-bond donors (Lipinski definition) is 1. The highest BCUT2D eigenvalue weighted by Crippen LogP contribution is 2.84. The summed E-state index contributed by atoms with van der Waals surface area (Å²) in [5, 5.41) is 8.31. The standard InChI is InChI=1S/C4H3O6P/c1-2(3(5)6)7-11-8-4(9-11)10-11/h4H,1H2/p+1. The summed E-state index contributed by atoms with van der Waals surface area (Å²) < 4.78 is 18.9. The molecule has 0 unspecified atom stereocenters. The molecule has 3 aliphatic rings. The second-order valence-electron chi connectivity index (χ2n) is 1.87. The highest BCUT2D eigenvalue weighted by molar-refractivity contribution is 7.59. The van der Waals surface area contributed by atoms with Crippen molar-refractivity contribution in [3.8, 4) is 0 Å². The van der Waals surface area contributed by atoms with E-state index < -0.39 is 26.4 Å². The lowest BCUT2D eigenvalue weighted by atomic mass is 10.6. The van der Waals surface area contributed by atoms with Crippen LogP contribution < -0.4 is 0 Å². The van der Waals surface area contributed by atoms with Gasteiger partial charge in [0.25, 0.3) is 5.76 Å². The molecule has 3 fully saturated rings. The molecule has 0 amide bonds. The molecule has 3 rings (SSSR count). The van der Waals surface area contributed by atoms with Crippen LogP contribution in [-0.2, 0) is 22.9 Å². The van der Waals surface area contributed by atoms with Gasteiger partial charge in [-0.3, -0.25) is 4.52 Å². The number of rotatable bonds is 3. The molecule has 0 aromatic rings. The first-order valence-corrected chi connectivity index (χ1v) is 4.13. The summed E-state index contributed by atoms with van der Waals surface area (Å²) in [6.07, 6.45) is 0. The average Bonchev–Trinajstić information content (AvgIpc) is 1.74. The van der Waals surface area contributed by atoms with E-state index in [1.807, 2.05) is 0 Å². The zero-order chi connectivity index (χ0) is 8.06. The fourth-order valence-electron chi connectivity index (χ4n) is 0.578. The smallest absolute Gasteiger partial charge is 0.475 e. The summed E-state index contributed by atoms with van der Waals surface area (Å²) >= 11 is 0.